The number of hydrogen-bond donors (Lipinski definition) is 0. The van der Waals surface area contributed by atoms with Crippen LogP contribution in [0.15, 0.2) is 53.1 Å². The summed E-state index contributed by atoms with van der Waals surface area (Å²) in [5, 5.41) is 3.32. The summed E-state index contributed by atoms with van der Waals surface area (Å²) in [6.07, 6.45) is -4.78. The normalized spacial score (nSPS) is 13.9. The lowest BCUT2D eigenvalue weighted by molar-refractivity contribution is -0.159. The minimum Gasteiger partial charge on any atom is -0.329 e. The molecule has 160 valence electrons. The zero-order valence-corrected chi connectivity index (χ0v) is 16.6. The van der Waals surface area contributed by atoms with E-state index >= 15 is 0 Å². The SMILES string of the molecule is CCOP(=O)(Cc1ccc(-c2noc(C(F)(F)F)n2)cc1)OCc1ccc(F)cc1. The van der Waals surface area contributed by atoms with Gasteiger partial charge in [0.2, 0.25) is 5.82 Å². The average molecular weight is 444 g/mol. The van der Waals surface area contributed by atoms with Crippen LogP contribution in [0.25, 0.3) is 11.4 Å². The Kier molecular flexibility index (Phi) is 6.70. The molecule has 30 heavy (non-hydrogen) atoms. The highest BCUT2D eigenvalue weighted by molar-refractivity contribution is 7.53. The van der Waals surface area contributed by atoms with Gasteiger partial charge in [-0.3, -0.25) is 4.57 Å². The maximum atomic E-state index is 13.0. The molecule has 6 nitrogen and oxygen atoms in total. The fourth-order valence-corrected chi connectivity index (χ4v) is 4.17. The highest BCUT2D eigenvalue weighted by atomic mass is 31.2. The Balaban J connectivity index is 1.70. The van der Waals surface area contributed by atoms with Crippen molar-refractivity contribution in [3.63, 3.8) is 0 Å². The van der Waals surface area contributed by atoms with Crippen molar-refractivity contribution in [3.05, 3.63) is 71.4 Å². The third kappa shape index (κ3) is 5.75. The monoisotopic (exact) mass is 444 g/mol. The second kappa shape index (κ2) is 9.07. The van der Waals surface area contributed by atoms with Gasteiger partial charge in [0.15, 0.2) is 0 Å². The Labute approximate surface area is 169 Å². The van der Waals surface area contributed by atoms with Crippen LogP contribution in [0, 0.1) is 5.82 Å². The average Bonchev–Trinajstić information content (AvgIpc) is 3.19. The number of hydrogen-bond acceptors (Lipinski definition) is 6. The number of rotatable bonds is 8. The maximum Gasteiger partial charge on any atom is 0.471 e. The molecule has 0 bridgehead atoms. The lowest BCUT2D eigenvalue weighted by Crippen LogP contribution is -2.04. The molecule has 0 saturated heterocycles. The van der Waals surface area contributed by atoms with Gasteiger partial charge in [0, 0.05) is 5.56 Å². The molecule has 3 rings (SSSR count). The molecule has 0 aliphatic rings. The summed E-state index contributed by atoms with van der Waals surface area (Å²) < 4.78 is 78.8. The summed E-state index contributed by atoms with van der Waals surface area (Å²) in [5.74, 6) is -2.04. The second-order valence-electron chi connectivity index (χ2n) is 6.20. The minimum atomic E-state index is -4.73. The van der Waals surface area contributed by atoms with Crippen molar-refractivity contribution in [2.45, 2.75) is 25.9 Å². The molecule has 1 atom stereocenters. The number of aromatic nitrogens is 2. The van der Waals surface area contributed by atoms with Crippen LogP contribution in [-0.4, -0.2) is 16.7 Å². The Morgan fingerprint density at radius 3 is 2.20 bits per heavy atom. The summed E-state index contributed by atoms with van der Waals surface area (Å²) in [6, 6.07) is 11.7. The molecule has 3 aromatic rings. The molecule has 0 amide bonds. The zero-order valence-electron chi connectivity index (χ0n) is 15.7. The van der Waals surface area contributed by atoms with E-state index in [-0.39, 0.29) is 25.2 Å². The van der Waals surface area contributed by atoms with Crippen LogP contribution < -0.4 is 0 Å². The highest BCUT2D eigenvalue weighted by Gasteiger charge is 2.38. The van der Waals surface area contributed by atoms with E-state index in [1.165, 1.54) is 36.4 Å². The molecule has 0 aliphatic heterocycles. The molecule has 1 heterocycles. The molecular formula is C19H17F4N2O4P. The summed E-state index contributed by atoms with van der Waals surface area (Å²) >= 11 is 0. The fourth-order valence-electron chi connectivity index (χ4n) is 2.52. The molecule has 0 saturated carbocycles. The minimum absolute atomic E-state index is 0.0290. The van der Waals surface area contributed by atoms with Crippen molar-refractivity contribution in [1.29, 1.82) is 0 Å². The molecule has 0 spiro atoms. The topological polar surface area (TPSA) is 74.5 Å². The predicted molar refractivity (Wildman–Crippen MR) is 98.9 cm³/mol. The quantitative estimate of drug-likeness (QED) is 0.321. The largest absolute Gasteiger partial charge is 0.471 e. The van der Waals surface area contributed by atoms with E-state index in [2.05, 4.69) is 14.7 Å². The Morgan fingerprint density at radius 1 is 1.00 bits per heavy atom. The van der Waals surface area contributed by atoms with Crippen LogP contribution in [0.1, 0.15) is 23.9 Å². The van der Waals surface area contributed by atoms with Crippen LogP contribution in [0.3, 0.4) is 0 Å². The molecule has 1 aromatic heterocycles. The number of nitrogens with zero attached hydrogens (tertiary/aromatic N) is 2. The smallest absolute Gasteiger partial charge is 0.329 e. The van der Waals surface area contributed by atoms with Gasteiger partial charge in [-0.25, -0.2) is 4.39 Å². The first kappa shape index (κ1) is 22.1. The van der Waals surface area contributed by atoms with Crippen molar-refractivity contribution in [2.75, 3.05) is 6.61 Å². The predicted octanol–water partition coefficient (Wildman–Crippen LogP) is 5.84. The Hall–Kier alpha value is -2.55. The van der Waals surface area contributed by atoms with Crippen LogP contribution in [0.4, 0.5) is 17.6 Å². The van der Waals surface area contributed by atoms with Crippen LogP contribution >= 0.6 is 7.60 Å². The van der Waals surface area contributed by atoms with E-state index in [0.717, 1.165) is 0 Å². The van der Waals surface area contributed by atoms with E-state index in [1.54, 1.807) is 19.1 Å². The van der Waals surface area contributed by atoms with Gasteiger partial charge >= 0.3 is 19.7 Å². The Morgan fingerprint density at radius 2 is 1.63 bits per heavy atom. The molecule has 0 aliphatic carbocycles. The summed E-state index contributed by atoms with van der Waals surface area (Å²) in [5.41, 5.74) is 1.51. The molecular weight excluding hydrogens is 427 g/mol. The standard InChI is InChI=1S/C19H17F4N2O4P/c1-2-27-30(26,28-11-13-5-9-16(20)10-6-13)12-14-3-7-15(8-4-14)17-24-18(29-25-17)19(21,22)23/h3-10H,2,11-12H2,1H3. The van der Waals surface area contributed by atoms with Crippen molar-refractivity contribution >= 4 is 7.60 Å². The number of alkyl halides is 3. The molecule has 0 radical (unpaired) electrons. The number of benzene rings is 2. The van der Waals surface area contributed by atoms with Gasteiger partial charge in [0.05, 0.1) is 19.4 Å². The summed E-state index contributed by atoms with van der Waals surface area (Å²) in [4.78, 5) is 3.32. The second-order valence-corrected chi connectivity index (χ2v) is 8.26. The first-order valence-electron chi connectivity index (χ1n) is 8.81. The molecule has 0 N–H and O–H groups in total. The maximum absolute atomic E-state index is 13.0. The zero-order chi connectivity index (χ0) is 21.8. The summed E-state index contributed by atoms with van der Waals surface area (Å²) in [6.45, 7) is 1.80. The number of halogens is 4. The molecule has 11 heteroatoms. The molecule has 2 aromatic carbocycles. The van der Waals surface area contributed by atoms with Crippen molar-refractivity contribution in [2.24, 2.45) is 0 Å². The summed E-state index contributed by atoms with van der Waals surface area (Å²) in [7, 11) is -3.52. The van der Waals surface area contributed by atoms with Crippen molar-refractivity contribution in [1.82, 2.24) is 10.1 Å². The van der Waals surface area contributed by atoms with E-state index in [1.807, 2.05) is 0 Å². The fraction of sp³-hybridized carbons (Fsp3) is 0.263. The van der Waals surface area contributed by atoms with Crippen molar-refractivity contribution < 1.29 is 35.7 Å². The third-order valence-electron chi connectivity index (χ3n) is 3.92. The van der Waals surface area contributed by atoms with Gasteiger partial charge in [0.1, 0.15) is 5.82 Å². The van der Waals surface area contributed by atoms with Gasteiger partial charge in [-0.2, -0.15) is 18.2 Å². The van der Waals surface area contributed by atoms with E-state index in [4.69, 9.17) is 9.05 Å². The lowest BCUT2D eigenvalue weighted by atomic mass is 10.1. The lowest BCUT2D eigenvalue weighted by Gasteiger charge is -2.18. The van der Waals surface area contributed by atoms with Crippen LogP contribution in [-0.2, 0) is 32.6 Å². The highest BCUT2D eigenvalue weighted by Crippen LogP contribution is 2.52. The first-order chi connectivity index (χ1) is 14.2. The molecule has 0 fully saturated rings. The Bertz CT molecular complexity index is 1020. The van der Waals surface area contributed by atoms with Gasteiger partial charge in [0.25, 0.3) is 0 Å². The third-order valence-corrected chi connectivity index (χ3v) is 5.85. The van der Waals surface area contributed by atoms with Crippen molar-refractivity contribution in [3.8, 4) is 11.4 Å². The van der Waals surface area contributed by atoms with Gasteiger partial charge < -0.3 is 13.6 Å². The molecule has 1 unspecified atom stereocenters. The van der Waals surface area contributed by atoms with Gasteiger partial charge in [-0.05, 0) is 30.2 Å². The van der Waals surface area contributed by atoms with Gasteiger partial charge in [-0.15, -0.1) is 0 Å². The van der Waals surface area contributed by atoms with E-state index < -0.39 is 25.5 Å². The van der Waals surface area contributed by atoms with E-state index in [9.17, 15) is 22.1 Å². The van der Waals surface area contributed by atoms with Crippen LogP contribution in [0.2, 0.25) is 0 Å². The van der Waals surface area contributed by atoms with E-state index in [0.29, 0.717) is 16.7 Å². The van der Waals surface area contributed by atoms with Gasteiger partial charge in [-0.1, -0.05) is 41.6 Å². The van der Waals surface area contributed by atoms with Crippen LogP contribution in [0.5, 0.6) is 0 Å². The first-order valence-corrected chi connectivity index (χ1v) is 10.5.